The van der Waals surface area contributed by atoms with Gasteiger partial charge in [0.15, 0.2) is 0 Å². The van der Waals surface area contributed by atoms with E-state index in [9.17, 15) is 14.4 Å². The summed E-state index contributed by atoms with van der Waals surface area (Å²) in [5, 5.41) is 0.617. The summed E-state index contributed by atoms with van der Waals surface area (Å²) in [6, 6.07) is 7.74. The zero-order valence-electron chi connectivity index (χ0n) is 23.5. The van der Waals surface area contributed by atoms with Crippen molar-refractivity contribution >= 4 is 50.9 Å². The summed E-state index contributed by atoms with van der Waals surface area (Å²) in [6.07, 6.45) is 8.50. The van der Waals surface area contributed by atoms with Crippen molar-refractivity contribution in [2.45, 2.75) is 77.4 Å². The highest BCUT2D eigenvalue weighted by Crippen LogP contribution is 2.42. The fourth-order valence-corrected chi connectivity index (χ4v) is 7.04. The van der Waals surface area contributed by atoms with Gasteiger partial charge in [0.2, 0.25) is 17.7 Å². The molecule has 2 fully saturated rings. The van der Waals surface area contributed by atoms with Gasteiger partial charge in [-0.3, -0.25) is 24.3 Å². The number of nitrogens with two attached hydrogens (primary N) is 1. The van der Waals surface area contributed by atoms with Crippen LogP contribution in [0.15, 0.2) is 30.5 Å². The number of carbonyl (C=O) groups excluding carboxylic acids is 3. The summed E-state index contributed by atoms with van der Waals surface area (Å²) >= 11 is 8.07. The van der Waals surface area contributed by atoms with Gasteiger partial charge in [-0.05, 0) is 56.1 Å². The third-order valence-corrected chi connectivity index (χ3v) is 9.25. The number of ether oxygens (including phenoxy) is 1. The van der Waals surface area contributed by atoms with Gasteiger partial charge >= 0.3 is 0 Å². The van der Waals surface area contributed by atoms with Crippen molar-refractivity contribution in [3.05, 3.63) is 45.9 Å². The van der Waals surface area contributed by atoms with E-state index in [0.717, 1.165) is 76.1 Å². The smallest absolute Gasteiger partial charge is 0.230 e. The molecule has 0 radical (unpaired) electrons. The van der Waals surface area contributed by atoms with Crippen LogP contribution in [0.2, 0.25) is 5.02 Å². The van der Waals surface area contributed by atoms with Crippen molar-refractivity contribution in [2.24, 2.45) is 5.73 Å². The number of piperidine rings is 1. The average molecular weight is 597 g/mol. The van der Waals surface area contributed by atoms with Crippen LogP contribution < -0.4 is 10.5 Å². The first-order valence-electron chi connectivity index (χ1n) is 14.5. The van der Waals surface area contributed by atoms with E-state index in [0.29, 0.717) is 31.1 Å². The topological polar surface area (TPSA) is 106 Å². The Kier molecular flexibility index (Phi) is 9.57. The predicted molar refractivity (Wildman–Crippen MR) is 162 cm³/mol. The second-order valence-corrected chi connectivity index (χ2v) is 12.5. The first-order chi connectivity index (χ1) is 19.8. The van der Waals surface area contributed by atoms with Gasteiger partial charge in [0.05, 0.1) is 16.8 Å². The van der Waals surface area contributed by atoms with Gasteiger partial charge in [-0.25, -0.2) is 0 Å². The van der Waals surface area contributed by atoms with Crippen LogP contribution >= 0.6 is 22.9 Å². The lowest BCUT2D eigenvalue weighted by Crippen LogP contribution is -2.41. The number of aromatic nitrogens is 1. The van der Waals surface area contributed by atoms with Crippen molar-refractivity contribution in [3.63, 3.8) is 0 Å². The molecule has 0 saturated carbocycles. The summed E-state index contributed by atoms with van der Waals surface area (Å²) in [7, 11) is 0. The Morgan fingerprint density at radius 2 is 1.80 bits per heavy atom. The molecule has 2 aliphatic rings. The van der Waals surface area contributed by atoms with Gasteiger partial charge in [0, 0.05) is 72.4 Å². The lowest BCUT2D eigenvalue weighted by Gasteiger charge is -2.33. The molecule has 5 rings (SSSR count). The summed E-state index contributed by atoms with van der Waals surface area (Å²) in [5.74, 6) is 0.755. The molecular formula is C31H37ClN4O4S. The van der Waals surface area contributed by atoms with Crippen molar-refractivity contribution < 1.29 is 19.1 Å². The van der Waals surface area contributed by atoms with Gasteiger partial charge in [-0.2, -0.15) is 0 Å². The van der Waals surface area contributed by atoms with E-state index in [4.69, 9.17) is 22.1 Å². The number of fused-ring (bicyclic) bond motifs is 1. The van der Waals surface area contributed by atoms with E-state index in [1.807, 2.05) is 36.1 Å². The number of carbonyl (C=O) groups is 3. The van der Waals surface area contributed by atoms with Crippen molar-refractivity contribution in [2.75, 3.05) is 19.6 Å². The molecule has 0 bridgehead atoms. The second-order valence-electron chi connectivity index (χ2n) is 10.9. The van der Waals surface area contributed by atoms with E-state index in [1.54, 1.807) is 6.20 Å². The molecule has 2 saturated heterocycles. The molecule has 0 atom stereocenters. The van der Waals surface area contributed by atoms with Gasteiger partial charge in [-0.15, -0.1) is 11.3 Å². The molecule has 2 aromatic heterocycles. The number of nitrogens with zero attached hydrogens (tertiary/aromatic N) is 3. The SMILES string of the molecule is Cc1cc(Cl)cc(-c2ccnc3cc(CN4C(=O)CCC4=O)sc23)c1OC1CCN(C(=O)CCCCCCN)CC1. The number of aryl methyl sites for hydroxylation is 1. The van der Waals surface area contributed by atoms with Crippen molar-refractivity contribution in [1.29, 1.82) is 0 Å². The van der Waals surface area contributed by atoms with Crippen molar-refractivity contribution in [1.82, 2.24) is 14.8 Å². The van der Waals surface area contributed by atoms with Crippen LogP contribution in [0.25, 0.3) is 21.3 Å². The number of imide groups is 1. The van der Waals surface area contributed by atoms with Crippen molar-refractivity contribution in [3.8, 4) is 16.9 Å². The van der Waals surface area contributed by atoms with E-state index in [1.165, 1.54) is 16.2 Å². The Balaban J connectivity index is 1.31. The molecule has 2 aliphatic heterocycles. The number of thiophene rings is 1. The molecule has 10 heteroatoms. The fraction of sp³-hybridized carbons (Fsp3) is 0.484. The normalized spacial score (nSPS) is 16.3. The lowest BCUT2D eigenvalue weighted by molar-refractivity contribution is -0.139. The number of hydrogen-bond donors (Lipinski definition) is 1. The fourth-order valence-electron chi connectivity index (χ4n) is 5.64. The summed E-state index contributed by atoms with van der Waals surface area (Å²) in [5.41, 5.74) is 9.15. The maximum atomic E-state index is 12.7. The number of halogens is 1. The first-order valence-corrected chi connectivity index (χ1v) is 15.7. The third kappa shape index (κ3) is 6.90. The van der Waals surface area contributed by atoms with Crippen LogP contribution in [0.3, 0.4) is 0 Å². The number of hydrogen-bond acceptors (Lipinski definition) is 7. The van der Waals surface area contributed by atoms with E-state index in [2.05, 4.69) is 4.98 Å². The highest BCUT2D eigenvalue weighted by molar-refractivity contribution is 7.19. The lowest BCUT2D eigenvalue weighted by atomic mass is 10.0. The average Bonchev–Trinajstić information content (AvgIpc) is 3.52. The van der Waals surface area contributed by atoms with Gasteiger partial charge in [0.1, 0.15) is 11.9 Å². The molecular weight excluding hydrogens is 560 g/mol. The van der Waals surface area contributed by atoms with E-state index in [-0.39, 0.29) is 43.2 Å². The first kappa shape index (κ1) is 29.5. The standard InChI is InChI=1S/C31H37ClN4O4S/c1-20-16-21(32)17-25(30(20)40-22-10-14-35(15-11-22)27(37)6-4-2-3-5-12-33)24-9-13-34-26-18-23(41-31(24)26)19-36-28(38)7-8-29(36)39/h9,13,16-18,22H,2-8,10-12,14-15,19,33H2,1H3. The molecule has 1 aromatic carbocycles. The van der Waals surface area contributed by atoms with Crippen LogP contribution in [0.5, 0.6) is 5.75 Å². The minimum absolute atomic E-state index is 0.00866. The number of rotatable bonds is 11. The Morgan fingerprint density at radius 3 is 2.54 bits per heavy atom. The van der Waals surface area contributed by atoms with Crippen LogP contribution in [0.4, 0.5) is 0 Å². The molecule has 41 heavy (non-hydrogen) atoms. The quantitative estimate of drug-likeness (QED) is 0.220. The number of benzene rings is 1. The molecule has 4 heterocycles. The number of amides is 3. The zero-order valence-corrected chi connectivity index (χ0v) is 25.1. The largest absolute Gasteiger partial charge is 0.489 e. The molecule has 8 nitrogen and oxygen atoms in total. The predicted octanol–water partition coefficient (Wildman–Crippen LogP) is 5.85. The summed E-state index contributed by atoms with van der Waals surface area (Å²) in [4.78, 5) is 45.8. The Hall–Kier alpha value is -3.01. The molecule has 0 spiro atoms. The number of pyridine rings is 1. The van der Waals surface area contributed by atoms with Crippen LogP contribution in [0.1, 0.15) is 68.2 Å². The number of unbranched alkanes of at least 4 members (excludes halogenated alkanes) is 3. The van der Waals surface area contributed by atoms with Crippen LogP contribution in [0, 0.1) is 6.92 Å². The van der Waals surface area contributed by atoms with Gasteiger partial charge < -0.3 is 15.4 Å². The molecule has 3 amide bonds. The minimum Gasteiger partial charge on any atom is -0.489 e. The third-order valence-electron chi connectivity index (χ3n) is 7.89. The zero-order chi connectivity index (χ0) is 28.9. The molecule has 218 valence electrons. The summed E-state index contributed by atoms with van der Waals surface area (Å²) < 4.78 is 7.61. The Bertz CT molecular complexity index is 1420. The minimum atomic E-state index is -0.128. The second kappa shape index (κ2) is 13.3. The molecule has 3 aromatic rings. The van der Waals surface area contributed by atoms with Gasteiger partial charge in [0.25, 0.3) is 0 Å². The molecule has 2 N–H and O–H groups in total. The maximum Gasteiger partial charge on any atom is 0.230 e. The highest BCUT2D eigenvalue weighted by atomic mass is 35.5. The van der Waals surface area contributed by atoms with Gasteiger partial charge in [-0.1, -0.05) is 24.4 Å². The van der Waals surface area contributed by atoms with Crippen LogP contribution in [-0.4, -0.2) is 58.2 Å². The Morgan fingerprint density at radius 1 is 1.07 bits per heavy atom. The molecule has 0 aliphatic carbocycles. The summed E-state index contributed by atoms with van der Waals surface area (Å²) in [6.45, 7) is 4.35. The van der Waals surface area contributed by atoms with E-state index >= 15 is 0 Å². The van der Waals surface area contributed by atoms with E-state index < -0.39 is 0 Å². The van der Waals surface area contributed by atoms with Crippen LogP contribution in [-0.2, 0) is 20.9 Å². The maximum absolute atomic E-state index is 12.7. The highest BCUT2D eigenvalue weighted by Gasteiger charge is 2.30. The number of likely N-dealkylation sites (tertiary alicyclic amines) is 2. The Labute approximate surface area is 249 Å². The monoisotopic (exact) mass is 596 g/mol. The molecule has 0 unspecified atom stereocenters.